The molecule has 1 aliphatic carbocycles. The van der Waals surface area contributed by atoms with Gasteiger partial charge in [-0.1, -0.05) is 18.2 Å². The zero-order valence-electron chi connectivity index (χ0n) is 13.0. The summed E-state index contributed by atoms with van der Waals surface area (Å²) in [4.78, 5) is 14.0. The van der Waals surface area contributed by atoms with E-state index in [2.05, 4.69) is 12.0 Å². The molecule has 4 nitrogen and oxygen atoms in total. The number of benzene rings is 1. The van der Waals surface area contributed by atoms with Crippen LogP contribution in [0.3, 0.4) is 0 Å². The third-order valence-corrected chi connectivity index (χ3v) is 4.30. The fourth-order valence-corrected chi connectivity index (χ4v) is 2.53. The number of aromatic nitrogens is 2. The molecule has 1 unspecified atom stereocenters. The Bertz CT molecular complexity index is 671. The monoisotopic (exact) mass is 295 g/mol. The van der Waals surface area contributed by atoms with Gasteiger partial charge in [-0.3, -0.25) is 4.79 Å². The summed E-state index contributed by atoms with van der Waals surface area (Å²) in [6, 6.07) is 10.2. The second-order valence-corrected chi connectivity index (χ2v) is 5.91. The van der Waals surface area contributed by atoms with E-state index in [-0.39, 0.29) is 5.91 Å². The molecule has 1 aliphatic rings. The van der Waals surface area contributed by atoms with Crippen molar-refractivity contribution in [3.8, 4) is 5.69 Å². The summed E-state index contributed by atoms with van der Waals surface area (Å²) in [6.07, 6.45) is 9.62. The molecule has 1 amide bonds. The molecule has 22 heavy (non-hydrogen) atoms. The number of hydrogen-bond acceptors (Lipinski definition) is 2. The maximum absolute atomic E-state index is 12.2. The van der Waals surface area contributed by atoms with E-state index >= 15 is 0 Å². The van der Waals surface area contributed by atoms with Crippen molar-refractivity contribution in [3.63, 3.8) is 0 Å². The van der Waals surface area contributed by atoms with E-state index in [0.29, 0.717) is 12.0 Å². The molecule has 3 rings (SSSR count). The molecule has 4 heteroatoms. The molecule has 1 atom stereocenters. The van der Waals surface area contributed by atoms with Crippen LogP contribution in [0.15, 0.2) is 48.8 Å². The first-order valence-electron chi connectivity index (χ1n) is 7.70. The smallest absolute Gasteiger partial charge is 0.246 e. The molecule has 0 bridgehead atoms. The number of likely N-dealkylation sites (N-methyl/N-ethyl adjacent to an activating group) is 1. The van der Waals surface area contributed by atoms with Crippen LogP contribution in [0.25, 0.3) is 11.8 Å². The van der Waals surface area contributed by atoms with Gasteiger partial charge in [-0.2, -0.15) is 5.10 Å². The highest BCUT2D eigenvalue weighted by atomic mass is 16.2. The molecule has 0 saturated heterocycles. The molecule has 1 fully saturated rings. The second kappa shape index (κ2) is 6.18. The molecular weight excluding hydrogens is 274 g/mol. The van der Waals surface area contributed by atoms with Crippen molar-refractivity contribution in [3.05, 3.63) is 54.4 Å². The first-order valence-corrected chi connectivity index (χ1v) is 7.70. The third kappa shape index (κ3) is 3.27. The molecule has 1 heterocycles. The topological polar surface area (TPSA) is 38.1 Å². The summed E-state index contributed by atoms with van der Waals surface area (Å²) in [5.74, 6) is 0.732. The van der Waals surface area contributed by atoms with Crippen LogP contribution in [0.1, 0.15) is 25.3 Å². The van der Waals surface area contributed by atoms with Gasteiger partial charge < -0.3 is 4.90 Å². The predicted octanol–water partition coefficient (Wildman–Crippen LogP) is 3.14. The van der Waals surface area contributed by atoms with Crippen LogP contribution in [-0.4, -0.2) is 33.7 Å². The molecule has 1 aromatic heterocycles. The van der Waals surface area contributed by atoms with Gasteiger partial charge in [0.2, 0.25) is 5.91 Å². The number of amides is 1. The highest BCUT2D eigenvalue weighted by Crippen LogP contribution is 2.34. The predicted molar refractivity (Wildman–Crippen MR) is 87.6 cm³/mol. The van der Waals surface area contributed by atoms with Crippen molar-refractivity contribution in [1.82, 2.24) is 14.7 Å². The lowest BCUT2D eigenvalue weighted by atomic mass is 10.2. The SMILES string of the molecule is CC(C1CC1)N(C)C(=O)C=Cc1cnn(-c2ccccc2)c1. The zero-order valence-corrected chi connectivity index (χ0v) is 13.0. The number of hydrogen-bond donors (Lipinski definition) is 0. The molecule has 0 radical (unpaired) electrons. The van der Waals surface area contributed by atoms with E-state index in [1.807, 2.05) is 54.6 Å². The van der Waals surface area contributed by atoms with E-state index in [1.165, 1.54) is 12.8 Å². The van der Waals surface area contributed by atoms with Gasteiger partial charge in [-0.05, 0) is 43.9 Å². The van der Waals surface area contributed by atoms with Crippen molar-refractivity contribution in [2.75, 3.05) is 7.05 Å². The summed E-state index contributed by atoms with van der Waals surface area (Å²) < 4.78 is 1.81. The Morgan fingerprint density at radius 1 is 1.36 bits per heavy atom. The molecule has 1 aromatic carbocycles. The fraction of sp³-hybridized carbons (Fsp3) is 0.333. The largest absolute Gasteiger partial charge is 0.339 e. The van der Waals surface area contributed by atoms with E-state index in [4.69, 9.17) is 0 Å². The minimum absolute atomic E-state index is 0.0480. The van der Waals surface area contributed by atoms with Crippen molar-refractivity contribution < 1.29 is 4.79 Å². The zero-order chi connectivity index (χ0) is 15.5. The van der Waals surface area contributed by atoms with E-state index in [0.717, 1.165) is 11.3 Å². The van der Waals surface area contributed by atoms with Crippen molar-refractivity contribution in [2.24, 2.45) is 5.92 Å². The lowest BCUT2D eigenvalue weighted by Crippen LogP contribution is -2.35. The van der Waals surface area contributed by atoms with E-state index in [1.54, 1.807) is 17.0 Å². The highest BCUT2D eigenvalue weighted by Gasteiger charge is 2.31. The average Bonchev–Trinajstić information content (AvgIpc) is 3.30. The summed E-state index contributed by atoms with van der Waals surface area (Å²) in [7, 11) is 1.88. The Kier molecular flexibility index (Phi) is 4.09. The van der Waals surface area contributed by atoms with Crippen LogP contribution in [0, 0.1) is 5.92 Å². The van der Waals surface area contributed by atoms with Crippen LogP contribution in [0.2, 0.25) is 0 Å². The standard InChI is InChI=1S/C18H21N3O/c1-14(16-9-10-16)20(2)18(22)11-8-15-12-19-21(13-15)17-6-4-3-5-7-17/h3-8,11-14,16H,9-10H2,1-2H3. The van der Waals surface area contributed by atoms with Crippen LogP contribution >= 0.6 is 0 Å². The number of rotatable bonds is 5. The summed E-state index contributed by atoms with van der Waals surface area (Å²) in [5, 5.41) is 4.32. The fourth-order valence-electron chi connectivity index (χ4n) is 2.53. The Hall–Kier alpha value is -2.36. The van der Waals surface area contributed by atoms with Crippen molar-refractivity contribution in [1.29, 1.82) is 0 Å². The number of para-hydroxylation sites is 1. The van der Waals surface area contributed by atoms with E-state index in [9.17, 15) is 4.79 Å². The first kappa shape index (κ1) is 14.6. The maximum atomic E-state index is 12.2. The molecular formula is C18H21N3O. The van der Waals surface area contributed by atoms with E-state index < -0.39 is 0 Å². The molecule has 0 aliphatic heterocycles. The van der Waals surface area contributed by atoms with Crippen LogP contribution in [0.5, 0.6) is 0 Å². The summed E-state index contributed by atoms with van der Waals surface area (Å²) in [6.45, 7) is 2.12. The summed E-state index contributed by atoms with van der Waals surface area (Å²) >= 11 is 0. The lowest BCUT2D eigenvalue weighted by Gasteiger charge is -2.23. The van der Waals surface area contributed by atoms with Gasteiger partial charge in [0.05, 0.1) is 11.9 Å². The van der Waals surface area contributed by atoms with Crippen molar-refractivity contribution >= 4 is 12.0 Å². The molecule has 2 aromatic rings. The molecule has 0 spiro atoms. The molecule has 114 valence electrons. The Morgan fingerprint density at radius 2 is 2.09 bits per heavy atom. The quantitative estimate of drug-likeness (QED) is 0.795. The van der Waals surface area contributed by atoms with Gasteiger partial charge in [-0.15, -0.1) is 0 Å². The van der Waals surface area contributed by atoms with Gasteiger partial charge in [-0.25, -0.2) is 4.68 Å². The second-order valence-electron chi connectivity index (χ2n) is 5.91. The number of carbonyl (C=O) groups excluding carboxylic acids is 1. The average molecular weight is 295 g/mol. The van der Waals surface area contributed by atoms with Gasteiger partial charge in [0.15, 0.2) is 0 Å². The van der Waals surface area contributed by atoms with Gasteiger partial charge in [0, 0.05) is 30.9 Å². The van der Waals surface area contributed by atoms with Crippen molar-refractivity contribution in [2.45, 2.75) is 25.8 Å². The van der Waals surface area contributed by atoms with Gasteiger partial charge in [0.1, 0.15) is 0 Å². The minimum atomic E-state index is 0.0480. The van der Waals surface area contributed by atoms with Crippen LogP contribution < -0.4 is 0 Å². The Labute approximate surface area is 131 Å². The Morgan fingerprint density at radius 3 is 2.77 bits per heavy atom. The number of nitrogens with zero attached hydrogens (tertiary/aromatic N) is 3. The van der Waals surface area contributed by atoms with Crippen LogP contribution in [0.4, 0.5) is 0 Å². The number of carbonyl (C=O) groups is 1. The van der Waals surface area contributed by atoms with Gasteiger partial charge in [0.25, 0.3) is 0 Å². The normalized spacial score (nSPS) is 15.9. The lowest BCUT2D eigenvalue weighted by molar-refractivity contribution is -0.126. The highest BCUT2D eigenvalue weighted by molar-refractivity contribution is 5.91. The molecule has 0 N–H and O–H groups in total. The van der Waals surface area contributed by atoms with Gasteiger partial charge >= 0.3 is 0 Å². The Balaban J connectivity index is 1.65. The van der Waals surface area contributed by atoms with Crippen LogP contribution in [-0.2, 0) is 4.79 Å². The third-order valence-electron chi connectivity index (χ3n) is 4.30. The first-order chi connectivity index (χ1) is 10.6. The summed E-state index contributed by atoms with van der Waals surface area (Å²) in [5.41, 5.74) is 1.93. The minimum Gasteiger partial charge on any atom is -0.339 e. The molecule has 1 saturated carbocycles. The maximum Gasteiger partial charge on any atom is 0.246 e.